The minimum Gasteiger partial charge on any atom is -0.481 e. The number of anilines is 1. The van der Waals surface area contributed by atoms with Crippen LogP contribution in [0.1, 0.15) is 69.1 Å². The van der Waals surface area contributed by atoms with E-state index in [1.807, 2.05) is 30.4 Å². The maximum Gasteiger partial charge on any atom is 0.310 e. The van der Waals surface area contributed by atoms with Crippen molar-refractivity contribution in [3.63, 3.8) is 0 Å². The van der Waals surface area contributed by atoms with Crippen LogP contribution in [0.25, 0.3) is 12.2 Å². The van der Waals surface area contributed by atoms with Crippen LogP contribution in [0.4, 0.5) is 5.69 Å². The molecule has 1 aromatic carbocycles. The van der Waals surface area contributed by atoms with Crippen LogP contribution in [0.15, 0.2) is 29.6 Å². The number of nitrogens with zero attached hydrogens (tertiary/aromatic N) is 1. The molecule has 150 valence electrons. The molecule has 0 aliphatic rings. The number of hydrogen-bond donors (Lipinski definition) is 2. The molecule has 28 heavy (non-hydrogen) atoms. The Morgan fingerprint density at radius 1 is 1.25 bits per heavy atom. The fourth-order valence-electron chi connectivity index (χ4n) is 2.92. The Labute approximate surface area is 170 Å². The molecule has 0 spiro atoms. The summed E-state index contributed by atoms with van der Waals surface area (Å²) in [5.41, 5.74) is 1.66. The lowest BCUT2D eigenvalue weighted by Crippen LogP contribution is -2.34. The fourth-order valence-corrected chi connectivity index (χ4v) is 3.79. The summed E-state index contributed by atoms with van der Waals surface area (Å²) in [5, 5.41) is 15.3. The van der Waals surface area contributed by atoms with Crippen molar-refractivity contribution in [3.05, 3.63) is 45.9 Å². The first-order valence-corrected chi connectivity index (χ1v) is 10.4. The number of hydrogen-bond acceptors (Lipinski definition) is 4. The molecule has 1 amide bonds. The van der Waals surface area contributed by atoms with Gasteiger partial charge in [-0.05, 0) is 42.5 Å². The van der Waals surface area contributed by atoms with E-state index in [2.05, 4.69) is 29.5 Å². The average molecular weight is 401 g/mol. The van der Waals surface area contributed by atoms with E-state index in [9.17, 15) is 14.7 Å². The number of aromatic nitrogens is 1. The molecule has 0 saturated heterocycles. The highest BCUT2D eigenvalue weighted by Crippen LogP contribution is 2.31. The van der Waals surface area contributed by atoms with Crippen LogP contribution in [0.2, 0.25) is 0 Å². The molecule has 0 atom stereocenters. The van der Waals surface area contributed by atoms with Crippen molar-refractivity contribution in [2.45, 2.75) is 52.9 Å². The van der Waals surface area contributed by atoms with Crippen LogP contribution in [0, 0.1) is 5.41 Å². The highest BCUT2D eigenvalue weighted by molar-refractivity contribution is 7.10. The summed E-state index contributed by atoms with van der Waals surface area (Å²) in [6, 6.07) is 7.48. The van der Waals surface area contributed by atoms with Gasteiger partial charge in [-0.25, -0.2) is 4.98 Å². The third-order valence-electron chi connectivity index (χ3n) is 5.03. The first kappa shape index (κ1) is 21.8. The van der Waals surface area contributed by atoms with Crippen molar-refractivity contribution in [3.8, 4) is 0 Å². The summed E-state index contributed by atoms with van der Waals surface area (Å²) in [6.45, 7) is 7.84. The number of benzene rings is 1. The molecule has 2 rings (SSSR count). The molecular formula is C22H28N2O3S. The largest absolute Gasteiger partial charge is 0.481 e. The summed E-state index contributed by atoms with van der Waals surface area (Å²) in [7, 11) is 0. The Hall–Kier alpha value is -2.47. The Balaban J connectivity index is 2.07. The van der Waals surface area contributed by atoms with Crippen molar-refractivity contribution < 1.29 is 14.7 Å². The van der Waals surface area contributed by atoms with E-state index in [1.165, 1.54) is 0 Å². The minimum atomic E-state index is -1.01. The highest BCUT2D eigenvalue weighted by Gasteiger charge is 2.37. The maximum absolute atomic E-state index is 12.4. The molecule has 0 bridgehead atoms. The summed E-state index contributed by atoms with van der Waals surface area (Å²) in [4.78, 5) is 28.6. The van der Waals surface area contributed by atoms with Gasteiger partial charge in [0.05, 0.1) is 11.1 Å². The summed E-state index contributed by atoms with van der Waals surface area (Å²) < 4.78 is 0. The third kappa shape index (κ3) is 5.52. The Kier molecular flexibility index (Phi) is 7.52. The standard InChI is InChI=1S/C22H28N2O3S/c1-5-22(6-2,21(26)27)13-19(25)23-17-9-7-8-16(12-17)10-11-20-24-18(14-28-20)15(3)4/h7-12,14-15H,5-6,13H2,1-4H3,(H,23,25)(H,26,27). The zero-order valence-corrected chi connectivity index (χ0v) is 17.7. The van der Waals surface area contributed by atoms with Gasteiger partial charge in [-0.1, -0.05) is 45.9 Å². The number of carbonyl (C=O) groups excluding carboxylic acids is 1. The SMILES string of the molecule is CCC(CC)(CC(=O)Nc1cccc(C=Cc2nc(C(C)C)cs2)c1)C(=O)O. The predicted molar refractivity (Wildman–Crippen MR) is 115 cm³/mol. The zero-order chi connectivity index (χ0) is 20.7. The predicted octanol–water partition coefficient (Wildman–Crippen LogP) is 5.66. The number of amides is 1. The highest BCUT2D eigenvalue weighted by atomic mass is 32.1. The van der Waals surface area contributed by atoms with Crippen molar-refractivity contribution in [2.24, 2.45) is 5.41 Å². The topological polar surface area (TPSA) is 79.3 Å². The van der Waals surface area contributed by atoms with Gasteiger partial charge in [0.25, 0.3) is 0 Å². The molecule has 0 fully saturated rings. The molecule has 5 nitrogen and oxygen atoms in total. The Bertz CT molecular complexity index is 851. The second-order valence-electron chi connectivity index (χ2n) is 7.24. The fraction of sp³-hybridized carbons (Fsp3) is 0.409. The first-order valence-electron chi connectivity index (χ1n) is 9.56. The van der Waals surface area contributed by atoms with E-state index in [-0.39, 0.29) is 12.3 Å². The van der Waals surface area contributed by atoms with Crippen molar-refractivity contribution in [1.82, 2.24) is 4.98 Å². The van der Waals surface area contributed by atoms with Gasteiger partial charge in [0.15, 0.2) is 0 Å². The second kappa shape index (κ2) is 9.64. The van der Waals surface area contributed by atoms with Gasteiger partial charge in [-0.2, -0.15) is 0 Å². The molecule has 1 heterocycles. The van der Waals surface area contributed by atoms with Gasteiger partial charge in [0.1, 0.15) is 5.01 Å². The summed E-state index contributed by atoms with van der Waals surface area (Å²) in [6.07, 6.45) is 4.72. The minimum absolute atomic E-state index is 0.0352. The average Bonchev–Trinajstić information content (AvgIpc) is 3.14. The number of carboxylic acids is 1. The smallest absolute Gasteiger partial charge is 0.310 e. The van der Waals surface area contributed by atoms with E-state index in [1.54, 1.807) is 31.3 Å². The number of carboxylic acid groups (broad SMARTS) is 1. The van der Waals surface area contributed by atoms with Gasteiger partial charge >= 0.3 is 5.97 Å². The van der Waals surface area contributed by atoms with Gasteiger partial charge in [0.2, 0.25) is 5.91 Å². The number of aliphatic carboxylic acids is 1. The third-order valence-corrected chi connectivity index (χ3v) is 5.85. The summed E-state index contributed by atoms with van der Waals surface area (Å²) in [5.74, 6) is -0.802. The number of rotatable bonds is 9. The molecule has 0 aliphatic heterocycles. The van der Waals surface area contributed by atoms with Crippen molar-refractivity contribution >= 4 is 41.1 Å². The van der Waals surface area contributed by atoms with Crippen LogP contribution < -0.4 is 5.32 Å². The molecule has 0 radical (unpaired) electrons. The quantitative estimate of drug-likeness (QED) is 0.569. The lowest BCUT2D eigenvalue weighted by molar-refractivity contribution is -0.151. The normalized spacial score (nSPS) is 11.9. The van der Waals surface area contributed by atoms with E-state index in [0.717, 1.165) is 16.3 Å². The van der Waals surface area contributed by atoms with Gasteiger partial charge in [0, 0.05) is 17.5 Å². The van der Waals surface area contributed by atoms with Gasteiger partial charge in [-0.15, -0.1) is 11.3 Å². The van der Waals surface area contributed by atoms with E-state index in [4.69, 9.17) is 0 Å². The van der Waals surface area contributed by atoms with Crippen LogP contribution >= 0.6 is 11.3 Å². The van der Waals surface area contributed by atoms with Crippen LogP contribution in [0.5, 0.6) is 0 Å². The van der Waals surface area contributed by atoms with Gasteiger partial charge < -0.3 is 10.4 Å². The molecule has 0 aliphatic carbocycles. The maximum atomic E-state index is 12.4. The van der Waals surface area contributed by atoms with Gasteiger partial charge in [-0.3, -0.25) is 9.59 Å². The van der Waals surface area contributed by atoms with E-state index >= 15 is 0 Å². The lowest BCUT2D eigenvalue weighted by atomic mass is 9.79. The van der Waals surface area contributed by atoms with Crippen LogP contribution in [0.3, 0.4) is 0 Å². The molecule has 2 aromatic rings. The van der Waals surface area contributed by atoms with Crippen LogP contribution in [-0.2, 0) is 9.59 Å². The molecule has 2 N–H and O–H groups in total. The van der Waals surface area contributed by atoms with Crippen molar-refractivity contribution in [1.29, 1.82) is 0 Å². The zero-order valence-electron chi connectivity index (χ0n) is 16.9. The first-order chi connectivity index (χ1) is 13.3. The Morgan fingerprint density at radius 3 is 2.54 bits per heavy atom. The molecule has 0 unspecified atom stereocenters. The van der Waals surface area contributed by atoms with Crippen molar-refractivity contribution in [2.75, 3.05) is 5.32 Å². The Morgan fingerprint density at radius 2 is 1.96 bits per heavy atom. The number of nitrogens with one attached hydrogen (secondary N) is 1. The second-order valence-corrected chi connectivity index (χ2v) is 8.13. The monoisotopic (exact) mass is 400 g/mol. The van der Waals surface area contributed by atoms with Crippen LogP contribution in [-0.4, -0.2) is 22.0 Å². The number of thiazole rings is 1. The number of carbonyl (C=O) groups is 2. The molecule has 6 heteroatoms. The molecule has 1 aromatic heterocycles. The summed E-state index contributed by atoms with van der Waals surface area (Å²) >= 11 is 1.60. The molecule has 0 saturated carbocycles. The lowest BCUT2D eigenvalue weighted by Gasteiger charge is -2.25. The van der Waals surface area contributed by atoms with E-state index in [0.29, 0.717) is 24.4 Å². The van der Waals surface area contributed by atoms with E-state index < -0.39 is 11.4 Å². The molecular weight excluding hydrogens is 372 g/mol.